The molecule has 28 heavy (non-hydrogen) atoms. The van der Waals surface area contributed by atoms with Crippen molar-refractivity contribution in [2.24, 2.45) is 0 Å². The third-order valence-electron chi connectivity index (χ3n) is 3.72. The molecule has 11 heteroatoms. The number of benzene rings is 2. The first kappa shape index (κ1) is 19.8. The summed E-state index contributed by atoms with van der Waals surface area (Å²) in [7, 11) is 0. The molecule has 0 radical (unpaired) electrons. The Morgan fingerprint density at radius 2 is 2.04 bits per heavy atom. The summed E-state index contributed by atoms with van der Waals surface area (Å²) in [6, 6.07) is 7.18. The number of carbonyl (C=O) groups is 1. The van der Waals surface area contributed by atoms with Gasteiger partial charge < -0.3 is 9.84 Å². The second-order valence-electron chi connectivity index (χ2n) is 5.60. The Bertz CT molecular complexity index is 994. The number of aromatic nitrogens is 4. The molecular weight excluding hydrogens is 445 g/mol. The van der Waals surface area contributed by atoms with Crippen molar-refractivity contribution in [1.82, 2.24) is 20.2 Å². The van der Waals surface area contributed by atoms with Gasteiger partial charge in [-0.05, 0) is 51.0 Å². The Hall–Kier alpha value is -2.95. The summed E-state index contributed by atoms with van der Waals surface area (Å²) in [6.45, 7) is 0.336. The number of ether oxygens (including phenoxy) is 1. The molecule has 146 valence electrons. The molecule has 0 saturated carbocycles. The number of carboxylic acid groups (broad SMARTS) is 1. The number of carboxylic acids is 1. The van der Waals surface area contributed by atoms with Crippen molar-refractivity contribution in [2.45, 2.75) is 12.7 Å². The minimum absolute atomic E-state index is 0.0906. The van der Waals surface area contributed by atoms with Gasteiger partial charge in [0.25, 0.3) is 0 Å². The molecule has 1 aromatic heterocycles. The van der Waals surface area contributed by atoms with Gasteiger partial charge in [-0.25, -0.2) is 4.79 Å². The van der Waals surface area contributed by atoms with Gasteiger partial charge in [-0.2, -0.15) is 18.0 Å². The lowest BCUT2D eigenvalue weighted by atomic mass is 9.99. The number of hydrogen-bond donors (Lipinski definition) is 1. The average molecular weight is 457 g/mol. The predicted octanol–water partition coefficient (Wildman–Crippen LogP) is 3.90. The molecule has 0 aliphatic heterocycles. The van der Waals surface area contributed by atoms with E-state index in [-0.39, 0.29) is 35.6 Å². The van der Waals surface area contributed by atoms with E-state index in [9.17, 15) is 23.1 Å². The minimum atomic E-state index is -4.53. The highest BCUT2D eigenvalue weighted by atomic mass is 79.9. The molecule has 3 aromatic rings. The average Bonchev–Trinajstić information content (AvgIpc) is 3.15. The summed E-state index contributed by atoms with van der Waals surface area (Å²) in [6.07, 6.45) is -3.27. The van der Waals surface area contributed by atoms with Crippen LogP contribution in [-0.4, -0.2) is 37.9 Å². The topological polar surface area (TPSA) is 90.1 Å². The zero-order valence-electron chi connectivity index (χ0n) is 14.0. The molecule has 3 rings (SSSR count). The first-order valence-corrected chi connectivity index (χ1v) is 8.63. The summed E-state index contributed by atoms with van der Waals surface area (Å²) in [5.74, 6) is -1.00. The SMILES string of the molecule is O=C(O)c1cc(Br)c(OCCn2ncnn2)c(-c2cccc(C(F)(F)F)c2)c1. The van der Waals surface area contributed by atoms with Crippen molar-refractivity contribution < 1.29 is 27.8 Å². The molecule has 0 bridgehead atoms. The van der Waals surface area contributed by atoms with Gasteiger partial charge in [-0.15, -0.1) is 10.2 Å². The lowest BCUT2D eigenvalue weighted by molar-refractivity contribution is -0.137. The summed E-state index contributed by atoms with van der Waals surface area (Å²) < 4.78 is 45.2. The Labute approximate surface area is 164 Å². The van der Waals surface area contributed by atoms with E-state index in [4.69, 9.17) is 4.74 Å². The summed E-state index contributed by atoms with van der Waals surface area (Å²) in [5.41, 5.74) is -0.555. The van der Waals surface area contributed by atoms with Crippen LogP contribution in [0.2, 0.25) is 0 Å². The van der Waals surface area contributed by atoms with E-state index in [1.165, 1.54) is 35.4 Å². The van der Waals surface area contributed by atoms with E-state index < -0.39 is 17.7 Å². The molecule has 0 unspecified atom stereocenters. The summed E-state index contributed by atoms with van der Waals surface area (Å²) in [4.78, 5) is 12.7. The Morgan fingerprint density at radius 3 is 2.68 bits per heavy atom. The van der Waals surface area contributed by atoms with Gasteiger partial charge in [0.05, 0.1) is 22.1 Å². The lowest BCUT2D eigenvalue weighted by Gasteiger charge is -2.16. The number of hydrogen-bond acceptors (Lipinski definition) is 5. The smallest absolute Gasteiger partial charge is 0.416 e. The number of halogens is 4. The second-order valence-corrected chi connectivity index (χ2v) is 6.45. The minimum Gasteiger partial charge on any atom is -0.490 e. The number of nitrogens with zero attached hydrogens (tertiary/aromatic N) is 4. The van der Waals surface area contributed by atoms with E-state index in [0.717, 1.165) is 12.1 Å². The Morgan fingerprint density at radius 1 is 1.25 bits per heavy atom. The molecule has 1 heterocycles. The van der Waals surface area contributed by atoms with Crippen molar-refractivity contribution >= 4 is 21.9 Å². The molecule has 2 aromatic carbocycles. The first-order chi connectivity index (χ1) is 13.3. The molecule has 0 amide bonds. The lowest BCUT2D eigenvalue weighted by Crippen LogP contribution is -2.12. The zero-order chi connectivity index (χ0) is 20.3. The van der Waals surface area contributed by atoms with Crippen LogP contribution in [0.25, 0.3) is 11.1 Å². The van der Waals surface area contributed by atoms with Crippen molar-refractivity contribution in [3.05, 3.63) is 58.3 Å². The normalized spacial score (nSPS) is 11.4. The first-order valence-electron chi connectivity index (χ1n) is 7.84. The molecule has 7 nitrogen and oxygen atoms in total. The van der Waals surface area contributed by atoms with E-state index in [0.29, 0.717) is 4.47 Å². The molecule has 1 N–H and O–H groups in total. The van der Waals surface area contributed by atoms with Crippen LogP contribution in [0, 0.1) is 0 Å². The van der Waals surface area contributed by atoms with Gasteiger partial charge in [0, 0.05) is 5.56 Å². The van der Waals surface area contributed by atoms with Crippen LogP contribution < -0.4 is 4.74 Å². The quantitative estimate of drug-likeness (QED) is 0.604. The maximum atomic E-state index is 13.1. The second kappa shape index (κ2) is 7.97. The van der Waals surface area contributed by atoms with Crippen LogP contribution in [-0.2, 0) is 12.7 Å². The number of tetrazole rings is 1. The highest BCUT2D eigenvalue weighted by Crippen LogP contribution is 2.40. The Kier molecular flexibility index (Phi) is 5.63. The van der Waals surface area contributed by atoms with Crippen molar-refractivity contribution in [3.8, 4) is 16.9 Å². The standard InChI is InChI=1S/C17H12BrF3N4O3/c18-14-8-11(16(26)27)7-13(10-2-1-3-12(6-10)17(19,20)21)15(14)28-5-4-25-23-9-22-24-25/h1-3,6-9H,4-5H2,(H,26,27). The highest BCUT2D eigenvalue weighted by molar-refractivity contribution is 9.10. The summed E-state index contributed by atoms with van der Waals surface area (Å²) in [5, 5.41) is 20.4. The largest absolute Gasteiger partial charge is 0.490 e. The molecule has 0 fully saturated rings. The van der Waals surface area contributed by atoms with Crippen LogP contribution in [0.15, 0.2) is 47.2 Å². The Balaban J connectivity index is 2.00. The van der Waals surface area contributed by atoms with Crippen LogP contribution in [0.4, 0.5) is 13.2 Å². The van der Waals surface area contributed by atoms with Crippen molar-refractivity contribution in [3.63, 3.8) is 0 Å². The number of aromatic carboxylic acids is 1. The van der Waals surface area contributed by atoms with Gasteiger partial charge in [0.2, 0.25) is 0 Å². The van der Waals surface area contributed by atoms with Crippen LogP contribution in [0.3, 0.4) is 0 Å². The molecule has 0 aliphatic rings. The highest BCUT2D eigenvalue weighted by Gasteiger charge is 2.30. The van der Waals surface area contributed by atoms with E-state index >= 15 is 0 Å². The third-order valence-corrected chi connectivity index (χ3v) is 4.31. The van der Waals surface area contributed by atoms with E-state index in [2.05, 4.69) is 31.3 Å². The molecule has 0 spiro atoms. The monoisotopic (exact) mass is 456 g/mol. The predicted molar refractivity (Wildman–Crippen MR) is 94.9 cm³/mol. The van der Waals surface area contributed by atoms with Gasteiger partial charge in [0.1, 0.15) is 12.4 Å². The molecule has 0 atom stereocenters. The van der Waals surface area contributed by atoms with Gasteiger partial charge >= 0.3 is 12.1 Å². The molecule has 0 aliphatic carbocycles. The van der Waals surface area contributed by atoms with E-state index in [1.54, 1.807) is 0 Å². The van der Waals surface area contributed by atoms with Gasteiger partial charge in [0.15, 0.2) is 6.33 Å². The fourth-order valence-electron chi connectivity index (χ4n) is 2.46. The zero-order valence-corrected chi connectivity index (χ0v) is 15.6. The molecular formula is C17H12BrF3N4O3. The third kappa shape index (κ3) is 4.47. The maximum absolute atomic E-state index is 13.1. The summed E-state index contributed by atoms with van der Waals surface area (Å²) >= 11 is 3.24. The fourth-order valence-corrected chi connectivity index (χ4v) is 3.04. The van der Waals surface area contributed by atoms with Crippen LogP contribution in [0.1, 0.15) is 15.9 Å². The van der Waals surface area contributed by atoms with Crippen LogP contribution >= 0.6 is 15.9 Å². The van der Waals surface area contributed by atoms with Gasteiger partial charge in [-0.3, -0.25) is 0 Å². The van der Waals surface area contributed by atoms with Gasteiger partial charge in [-0.1, -0.05) is 12.1 Å². The number of alkyl halides is 3. The van der Waals surface area contributed by atoms with Crippen LogP contribution in [0.5, 0.6) is 5.75 Å². The van der Waals surface area contributed by atoms with Crippen molar-refractivity contribution in [1.29, 1.82) is 0 Å². The maximum Gasteiger partial charge on any atom is 0.416 e. The van der Waals surface area contributed by atoms with E-state index in [1.807, 2.05) is 0 Å². The fraction of sp³-hybridized carbons (Fsp3) is 0.176. The van der Waals surface area contributed by atoms with Crippen molar-refractivity contribution in [2.75, 3.05) is 6.61 Å². The molecule has 0 saturated heterocycles. The number of rotatable bonds is 6.